The van der Waals surface area contributed by atoms with E-state index in [-0.39, 0.29) is 4.90 Å². The van der Waals surface area contributed by atoms with Crippen LogP contribution in [-0.2, 0) is 9.84 Å². The maximum Gasteiger partial charge on any atom is 0.182 e. The van der Waals surface area contributed by atoms with Gasteiger partial charge in [-0.15, -0.1) is 0 Å². The summed E-state index contributed by atoms with van der Waals surface area (Å²) in [5.41, 5.74) is 2.20. The van der Waals surface area contributed by atoms with Crippen molar-refractivity contribution >= 4 is 55.7 Å². The average molecular weight is 430 g/mol. The van der Waals surface area contributed by atoms with Crippen molar-refractivity contribution in [2.75, 3.05) is 6.26 Å². The predicted octanol–water partition coefficient (Wildman–Crippen LogP) is 3.70. The second-order valence-corrected chi connectivity index (χ2v) is 8.28. The van der Waals surface area contributed by atoms with Gasteiger partial charge in [-0.2, -0.15) is 0 Å². The smallest absolute Gasteiger partial charge is 0.182 e. The summed E-state index contributed by atoms with van der Waals surface area (Å²) in [6, 6.07) is 13.0. The highest BCUT2D eigenvalue weighted by Gasteiger charge is 2.16. The van der Waals surface area contributed by atoms with Crippen molar-refractivity contribution in [3.05, 3.63) is 50.8 Å². The third kappa shape index (κ3) is 2.65. The minimum absolute atomic E-state index is 0.260. The number of aromatic amines is 1. The zero-order valence-electron chi connectivity index (χ0n) is 11.0. The zero-order valence-corrected chi connectivity index (χ0v) is 14.8. The summed E-state index contributed by atoms with van der Waals surface area (Å²) >= 11 is 7.60. The molecule has 108 valence electrons. The third-order valence-corrected chi connectivity index (χ3v) is 5.31. The number of nitrogens with zero attached hydrogens (tertiary/aromatic N) is 1. The number of halogens is 1. The second kappa shape index (κ2) is 5.22. The van der Waals surface area contributed by atoms with Crippen molar-refractivity contribution < 1.29 is 8.42 Å². The van der Waals surface area contributed by atoms with Crippen molar-refractivity contribution in [2.45, 2.75) is 4.90 Å². The average Bonchev–Trinajstić information content (AvgIpc) is 2.74. The van der Waals surface area contributed by atoms with Crippen LogP contribution in [0.4, 0.5) is 0 Å². The summed E-state index contributed by atoms with van der Waals surface area (Å²) in [5, 5.41) is 0. The highest BCUT2D eigenvalue weighted by Crippen LogP contribution is 2.25. The lowest BCUT2D eigenvalue weighted by atomic mass is 10.3. The summed E-state index contributed by atoms with van der Waals surface area (Å²) in [5.74, 6) is 0. The highest BCUT2D eigenvalue weighted by molar-refractivity contribution is 14.1. The van der Waals surface area contributed by atoms with E-state index in [1.807, 2.05) is 34.9 Å². The fourth-order valence-electron chi connectivity index (χ4n) is 2.26. The van der Waals surface area contributed by atoms with Gasteiger partial charge in [-0.1, -0.05) is 6.07 Å². The molecule has 0 amide bonds. The van der Waals surface area contributed by atoms with E-state index in [0.29, 0.717) is 10.3 Å². The Bertz CT molecular complexity index is 986. The summed E-state index contributed by atoms with van der Waals surface area (Å²) < 4.78 is 27.2. The van der Waals surface area contributed by atoms with Gasteiger partial charge in [0, 0.05) is 15.5 Å². The lowest BCUT2D eigenvalue weighted by Gasteiger charge is -2.05. The molecule has 0 spiro atoms. The number of para-hydroxylation sites is 1. The molecular formula is C14H11IN2O2S2. The minimum atomic E-state index is -3.31. The van der Waals surface area contributed by atoms with E-state index in [1.54, 1.807) is 12.1 Å². The van der Waals surface area contributed by atoms with E-state index in [9.17, 15) is 8.42 Å². The van der Waals surface area contributed by atoms with Gasteiger partial charge >= 0.3 is 0 Å². The first-order chi connectivity index (χ1) is 9.88. The van der Waals surface area contributed by atoms with Gasteiger partial charge in [0.15, 0.2) is 14.6 Å². The Morgan fingerprint density at radius 1 is 1.14 bits per heavy atom. The number of hydrogen-bond donors (Lipinski definition) is 1. The molecule has 0 saturated heterocycles. The lowest BCUT2D eigenvalue weighted by molar-refractivity contribution is 0.602. The number of aromatic nitrogens is 2. The maximum absolute atomic E-state index is 11.9. The van der Waals surface area contributed by atoms with E-state index in [4.69, 9.17) is 12.2 Å². The fourth-order valence-corrected chi connectivity index (χ4v) is 3.78. The van der Waals surface area contributed by atoms with Crippen LogP contribution in [0.5, 0.6) is 0 Å². The van der Waals surface area contributed by atoms with Crippen molar-refractivity contribution in [1.82, 2.24) is 9.55 Å². The van der Waals surface area contributed by atoms with Gasteiger partial charge in [0.1, 0.15) is 0 Å². The van der Waals surface area contributed by atoms with E-state index in [1.165, 1.54) is 6.26 Å². The molecule has 1 aromatic heterocycles. The first kappa shape index (κ1) is 14.7. The van der Waals surface area contributed by atoms with Gasteiger partial charge in [-0.3, -0.25) is 4.57 Å². The standard InChI is InChI=1S/C14H11IN2O2S2/c1-21(18,19)12-4-2-3-11-13(12)16-14(20)17(11)10-7-5-9(15)6-8-10/h2-8H,1H3,(H,16,20). The van der Waals surface area contributed by atoms with Crippen molar-refractivity contribution in [3.63, 3.8) is 0 Å². The molecule has 3 rings (SSSR count). The molecule has 0 radical (unpaired) electrons. The number of imidazole rings is 1. The molecule has 0 aliphatic heterocycles. The molecule has 1 N–H and O–H groups in total. The van der Waals surface area contributed by atoms with Crippen molar-refractivity contribution in [1.29, 1.82) is 0 Å². The van der Waals surface area contributed by atoms with Crippen molar-refractivity contribution in [2.24, 2.45) is 0 Å². The number of nitrogens with one attached hydrogen (secondary N) is 1. The molecule has 0 fully saturated rings. The van der Waals surface area contributed by atoms with Gasteiger partial charge in [-0.05, 0) is 71.2 Å². The quantitative estimate of drug-likeness (QED) is 0.499. The summed E-state index contributed by atoms with van der Waals surface area (Å²) in [7, 11) is -3.31. The number of rotatable bonds is 2. The Kier molecular flexibility index (Phi) is 3.66. The Morgan fingerprint density at radius 2 is 1.81 bits per heavy atom. The first-order valence-corrected chi connectivity index (χ1v) is 9.45. The monoisotopic (exact) mass is 430 g/mol. The van der Waals surface area contributed by atoms with Gasteiger partial charge in [0.05, 0.1) is 15.9 Å². The van der Waals surface area contributed by atoms with Crippen LogP contribution in [0, 0.1) is 8.34 Å². The largest absolute Gasteiger partial charge is 0.329 e. The number of H-pyrrole nitrogens is 1. The number of benzene rings is 2. The second-order valence-electron chi connectivity index (χ2n) is 4.66. The Balaban J connectivity index is 2.38. The molecule has 21 heavy (non-hydrogen) atoms. The molecule has 0 bridgehead atoms. The van der Waals surface area contributed by atoms with Crippen LogP contribution < -0.4 is 0 Å². The Morgan fingerprint density at radius 3 is 2.43 bits per heavy atom. The van der Waals surface area contributed by atoms with Crippen LogP contribution in [-0.4, -0.2) is 24.2 Å². The van der Waals surface area contributed by atoms with E-state index >= 15 is 0 Å². The zero-order chi connectivity index (χ0) is 15.2. The maximum atomic E-state index is 11.9. The van der Waals surface area contributed by atoms with Crippen LogP contribution in [0.25, 0.3) is 16.7 Å². The fraction of sp³-hybridized carbons (Fsp3) is 0.0714. The molecule has 0 aliphatic rings. The van der Waals surface area contributed by atoms with Gasteiger partial charge in [0.25, 0.3) is 0 Å². The summed E-state index contributed by atoms with van der Waals surface area (Å²) in [4.78, 5) is 3.27. The summed E-state index contributed by atoms with van der Waals surface area (Å²) in [6.45, 7) is 0. The predicted molar refractivity (Wildman–Crippen MR) is 94.3 cm³/mol. The Labute approximate surface area is 140 Å². The SMILES string of the molecule is CS(=O)(=O)c1cccc2c1[nH]c(=S)n2-c1ccc(I)cc1. The number of hydrogen-bond acceptors (Lipinski definition) is 3. The molecule has 2 aromatic carbocycles. The third-order valence-electron chi connectivity index (χ3n) is 3.16. The normalized spacial score (nSPS) is 11.9. The van der Waals surface area contributed by atoms with Crippen LogP contribution in [0.1, 0.15) is 0 Å². The minimum Gasteiger partial charge on any atom is -0.329 e. The van der Waals surface area contributed by atoms with Gasteiger partial charge in [-0.25, -0.2) is 8.42 Å². The van der Waals surface area contributed by atoms with Crippen molar-refractivity contribution in [3.8, 4) is 5.69 Å². The van der Waals surface area contributed by atoms with Crippen LogP contribution >= 0.6 is 34.8 Å². The van der Waals surface area contributed by atoms with E-state index in [0.717, 1.165) is 14.8 Å². The summed E-state index contributed by atoms with van der Waals surface area (Å²) in [6.07, 6.45) is 1.20. The molecular weight excluding hydrogens is 419 g/mol. The molecule has 0 unspecified atom stereocenters. The number of fused-ring (bicyclic) bond motifs is 1. The molecule has 3 aromatic rings. The van der Waals surface area contributed by atoms with Gasteiger partial charge in [0.2, 0.25) is 0 Å². The Hall–Kier alpha value is -1.19. The lowest BCUT2D eigenvalue weighted by Crippen LogP contribution is -1.98. The molecule has 0 aliphatic carbocycles. The van der Waals surface area contributed by atoms with Crippen LogP contribution in [0.2, 0.25) is 0 Å². The van der Waals surface area contributed by atoms with Gasteiger partial charge < -0.3 is 4.98 Å². The molecule has 1 heterocycles. The van der Waals surface area contributed by atoms with Crippen LogP contribution in [0.15, 0.2) is 47.4 Å². The molecule has 7 heteroatoms. The number of sulfone groups is 1. The van der Waals surface area contributed by atoms with E-state index in [2.05, 4.69) is 27.6 Å². The molecule has 0 saturated carbocycles. The van der Waals surface area contributed by atoms with E-state index < -0.39 is 9.84 Å². The highest BCUT2D eigenvalue weighted by atomic mass is 127. The molecule has 4 nitrogen and oxygen atoms in total. The first-order valence-electron chi connectivity index (χ1n) is 6.08. The molecule has 0 atom stereocenters. The topological polar surface area (TPSA) is 54.9 Å². The van der Waals surface area contributed by atoms with Crippen LogP contribution in [0.3, 0.4) is 0 Å².